The van der Waals surface area contributed by atoms with Gasteiger partial charge in [-0.3, -0.25) is 14.2 Å². The first-order valence-corrected chi connectivity index (χ1v) is 17.5. The molecule has 11 heteroatoms. The average molecular weight is 874 g/mol. The van der Waals surface area contributed by atoms with E-state index in [1.54, 1.807) is 18.6 Å². The molecule has 0 bridgehead atoms. The van der Waals surface area contributed by atoms with Crippen molar-refractivity contribution in [3.8, 4) is 11.5 Å². The summed E-state index contributed by atoms with van der Waals surface area (Å²) in [5, 5.41) is 3.64. The highest BCUT2D eigenvalue weighted by molar-refractivity contribution is 14.1. The summed E-state index contributed by atoms with van der Waals surface area (Å²) in [6.07, 6.45) is 1.86. The van der Waals surface area contributed by atoms with Crippen LogP contribution >= 0.6 is 68.1 Å². The predicted octanol–water partition coefficient (Wildman–Crippen LogP) is 7.32. The fourth-order valence-corrected chi connectivity index (χ4v) is 8.52. The third kappa shape index (κ3) is 6.80. The second-order valence-corrected chi connectivity index (χ2v) is 14.1. The number of allylic oxidation sites excluding steroid dienone is 1. The number of hydrogen-bond donors (Lipinski definition) is 1. The van der Waals surface area contributed by atoms with Crippen LogP contribution in [0.25, 0.3) is 6.08 Å². The Morgan fingerprint density at radius 1 is 1.02 bits per heavy atom. The van der Waals surface area contributed by atoms with Gasteiger partial charge in [0.25, 0.3) is 11.5 Å². The van der Waals surface area contributed by atoms with Crippen LogP contribution in [0.1, 0.15) is 29.7 Å². The molecule has 1 atom stereocenters. The van der Waals surface area contributed by atoms with Crippen molar-refractivity contribution in [3.63, 3.8) is 0 Å². The number of methoxy groups -OCH3 is 1. The van der Waals surface area contributed by atoms with Gasteiger partial charge in [-0.25, -0.2) is 4.99 Å². The van der Waals surface area contributed by atoms with Gasteiger partial charge in [0.05, 0.1) is 36.1 Å². The molecule has 232 valence electrons. The summed E-state index contributed by atoms with van der Waals surface area (Å²) >= 11 is 12.1. The molecule has 0 radical (unpaired) electrons. The lowest BCUT2D eigenvalue weighted by molar-refractivity contribution is -0.113. The van der Waals surface area contributed by atoms with Crippen molar-refractivity contribution >= 4 is 85.8 Å². The van der Waals surface area contributed by atoms with Crippen LogP contribution < -0.4 is 29.7 Å². The Kier molecular flexibility index (Phi) is 9.97. The van der Waals surface area contributed by atoms with Crippen LogP contribution in [0, 0.1) is 7.14 Å². The van der Waals surface area contributed by atoms with Crippen molar-refractivity contribution in [2.45, 2.75) is 19.6 Å². The largest absolute Gasteiger partial charge is 0.497 e. The van der Waals surface area contributed by atoms with Crippen LogP contribution in [0.3, 0.4) is 0 Å². The SMILES string of the molecule is COc1ccc([C@@H]2C(C(=O)Nc3ccccc3)=C(C)N=c3s/c(=C/c4cc(I)c(OCc5ccccc5Cl)c(I)c4)c(=O)n32)cc1. The van der Waals surface area contributed by atoms with Crippen LogP contribution in [0.4, 0.5) is 5.69 Å². The number of benzene rings is 4. The van der Waals surface area contributed by atoms with Gasteiger partial charge in [-0.05, 0) is 112 Å². The normalized spacial score (nSPS) is 14.5. The Morgan fingerprint density at radius 2 is 1.70 bits per heavy atom. The second kappa shape index (κ2) is 14.1. The maximum Gasteiger partial charge on any atom is 0.271 e. The first-order chi connectivity index (χ1) is 22.2. The number of nitrogens with zero attached hydrogens (tertiary/aromatic N) is 2. The van der Waals surface area contributed by atoms with Crippen LogP contribution in [-0.4, -0.2) is 17.6 Å². The molecule has 46 heavy (non-hydrogen) atoms. The Labute approximate surface area is 301 Å². The molecule has 1 amide bonds. The molecule has 0 spiro atoms. The van der Waals surface area contributed by atoms with Gasteiger partial charge in [0.1, 0.15) is 18.1 Å². The first kappa shape index (κ1) is 32.5. The summed E-state index contributed by atoms with van der Waals surface area (Å²) in [5.41, 5.74) is 3.89. The second-order valence-electron chi connectivity index (χ2n) is 10.4. The van der Waals surface area contributed by atoms with E-state index in [9.17, 15) is 9.59 Å². The number of hydrogen-bond acceptors (Lipinski definition) is 6. The summed E-state index contributed by atoms with van der Waals surface area (Å²) in [7, 11) is 1.60. The van der Waals surface area contributed by atoms with Crippen LogP contribution in [0.15, 0.2) is 112 Å². The molecule has 0 saturated carbocycles. The first-order valence-electron chi connectivity index (χ1n) is 14.1. The van der Waals surface area contributed by atoms with Crippen molar-refractivity contribution in [1.82, 2.24) is 4.57 Å². The van der Waals surface area contributed by atoms with E-state index in [1.807, 2.05) is 97.1 Å². The molecule has 1 aliphatic heterocycles. The minimum atomic E-state index is -0.686. The summed E-state index contributed by atoms with van der Waals surface area (Å²) in [6, 6.07) is 27.5. The van der Waals surface area contributed by atoms with Crippen LogP contribution in [0.5, 0.6) is 11.5 Å². The third-order valence-corrected chi connectivity index (χ3v) is 10.3. The zero-order chi connectivity index (χ0) is 32.4. The minimum absolute atomic E-state index is 0.230. The van der Waals surface area contributed by atoms with Crippen molar-refractivity contribution in [2.75, 3.05) is 12.4 Å². The monoisotopic (exact) mass is 873 g/mol. The van der Waals surface area contributed by atoms with Crippen molar-refractivity contribution in [3.05, 3.63) is 151 Å². The molecule has 5 aromatic rings. The molecule has 7 nitrogen and oxygen atoms in total. The molecule has 6 rings (SSSR count). The Bertz CT molecular complexity index is 2140. The molecule has 0 fully saturated rings. The lowest BCUT2D eigenvalue weighted by Gasteiger charge is -2.25. The molecule has 4 aromatic carbocycles. The number of thiazole rings is 1. The predicted molar refractivity (Wildman–Crippen MR) is 199 cm³/mol. The van der Waals surface area contributed by atoms with E-state index in [1.165, 1.54) is 11.3 Å². The number of nitrogens with one attached hydrogen (secondary N) is 1. The highest BCUT2D eigenvalue weighted by atomic mass is 127. The van der Waals surface area contributed by atoms with Gasteiger partial charge in [-0.15, -0.1) is 0 Å². The number of ether oxygens (including phenoxy) is 2. The number of carbonyl (C=O) groups is 1. The number of rotatable bonds is 8. The van der Waals surface area contributed by atoms with Gasteiger partial charge in [0, 0.05) is 16.3 Å². The number of para-hydroxylation sites is 1. The summed E-state index contributed by atoms with van der Waals surface area (Å²) in [4.78, 5) is 33.2. The van der Waals surface area contributed by atoms with E-state index in [0.29, 0.717) is 43.7 Å². The number of halogens is 3. The van der Waals surface area contributed by atoms with Gasteiger partial charge in [-0.1, -0.05) is 71.5 Å². The topological polar surface area (TPSA) is 81.9 Å². The van der Waals surface area contributed by atoms with E-state index >= 15 is 0 Å². The molecule has 2 heterocycles. The standard InChI is InChI=1S/C35H26ClI2N3O4S/c1-20-30(33(42)40-24-9-4-3-5-10-24)31(22-12-14-25(44-2)15-13-22)41-34(43)29(46-35(41)39-20)18-21-16-27(37)32(28(38)17-21)45-19-23-8-6-7-11-26(23)36/h3-18,31H,19H2,1-2H3,(H,40,42)/b29-18+/t31-/m1/s1. The lowest BCUT2D eigenvalue weighted by Crippen LogP contribution is -2.40. The molecule has 0 saturated heterocycles. The lowest BCUT2D eigenvalue weighted by atomic mass is 9.95. The molecule has 1 aromatic heterocycles. The van der Waals surface area contributed by atoms with E-state index in [4.69, 9.17) is 26.1 Å². The molecule has 0 unspecified atom stereocenters. The molecular formula is C35H26ClI2N3O4S. The molecule has 1 aliphatic rings. The van der Waals surface area contributed by atoms with Gasteiger partial charge in [-0.2, -0.15) is 0 Å². The number of carbonyl (C=O) groups excluding carboxylic acids is 1. The molecule has 1 N–H and O–H groups in total. The summed E-state index contributed by atoms with van der Waals surface area (Å²) < 4.78 is 15.5. The number of amides is 1. The maximum atomic E-state index is 14.1. The molecular weight excluding hydrogens is 848 g/mol. The summed E-state index contributed by atoms with van der Waals surface area (Å²) in [6.45, 7) is 2.15. The van der Waals surface area contributed by atoms with Gasteiger partial charge >= 0.3 is 0 Å². The van der Waals surface area contributed by atoms with Crippen LogP contribution in [-0.2, 0) is 11.4 Å². The third-order valence-electron chi connectivity index (χ3n) is 7.38. The van der Waals surface area contributed by atoms with Crippen molar-refractivity contribution < 1.29 is 14.3 Å². The van der Waals surface area contributed by atoms with E-state index < -0.39 is 6.04 Å². The van der Waals surface area contributed by atoms with Gasteiger partial charge in [0.2, 0.25) is 0 Å². The highest BCUT2D eigenvalue weighted by Crippen LogP contribution is 2.33. The smallest absolute Gasteiger partial charge is 0.271 e. The number of aromatic nitrogens is 1. The fourth-order valence-electron chi connectivity index (χ4n) is 5.15. The number of fused-ring (bicyclic) bond motifs is 1. The zero-order valence-electron chi connectivity index (χ0n) is 24.6. The summed E-state index contributed by atoms with van der Waals surface area (Å²) in [5.74, 6) is 1.11. The van der Waals surface area contributed by atoms with Crippen LogP contribution in [0.2, 0.25) is 5.02 Å². The highest BCUT2D eigenvalue weighted by Gasteiger charge is 2.32. The maximum absolute atomic E-state index is 14.1. The van der Waals surface area contributed by atoms with Gasteiger partial charge in [0.15, 0.2) is 4.80 Å². The van der Waals surface area contributed by atoms with Crippen molar-refractivity contribution in [1.29, 1.82) is 0 Å². The van der Waals surface area contributed by atoms with E-state index in [2.05, 4.69) is 50.5 Å². The average Bonchev–Trinajstić information content (AvgIpc) is 3.34. The molecule has 0 aliphatic carbocycles. The Balaban J connectivity index is 1.39. The fraction of sp³-hybridized carbons (Fsp3) is 0.114. The Hall–Kier alpha value is -3.46. The zero-order valence-corrected chi connectivity index (χ0v) is 30.5. The number of anilines is 1. The van der Waals surface area contributed by atoms with E-state index in [-0.39, 0.29) is 11.5 Å². The Morgan fingerprint density at radius 3 is 2.37 bits per heavy atom. The van der Waals surface area contributed by atoms with Crippen molar-refractivity contribution in [2.24, 2.45) is 4.99 Å². The minimum Gasteiger partial charge on any atom is -0.497 e. The van der Waals surface area contributed by atoms with Gasteiger partial charge < -0.3 is 14.8 Å². The quantitative estimate of drug-likeness (QED) is 0.166. The van der Waals surface area contributed by atoms with E-state index in [0.717, 1.165) is 29.6 Å².